The second-order valence-corrected chi connectivity index (χ2v) is 7.28. The SMILES string of the molecule is COc1ccccc1CNC(=O)CC(=O)N1CCC(Cc2ccccc2)CC1. The third-order valence-electron chi connectivity index (χ3n) is 5.31. The Balaban J connectivity index is 1.41. The zero-order valence-corrected chi connectivity index (χ0v) is 16.4. The lowest BCUT2D eigenvalue weighted by atomic mass is 9.90. The van der Waals surface area contributed by atoms with Crippen molar-refractivity contribution >= 4 is 11.8 Å². The molecule has 3 rings (SSSR count). The number of benzene rings is 2. The van der Waals surface area contributed by atoms with Crippen molar-refractivity contribution in [1.82, 2.24) is 10.2 Å². The predicted octanol–water partition coefficient (Wildman–Crippen LogP) is 3.18. The number of methoxy groups -OCH3 is 1. The molecule has 0 atom stereocenters. The van der Waals surface area contributed by atoms with E-state index in [1.165, 1.54) is 5.56 Å². The molecule has 1 aliphatic rings. The smallest absolute Gasteiger partial charge is 0.232 e. The average molecular weight is 380 g/mol. The summed E-state index contributed by atoms with van der Waals surface area (Å²) in [4.78, 5) is 26.4. The summed E-state index contributed by atoms with van der Waals surface area (Å²) in [5.74, 6) is 0.999. The average Bonchev–Trinajstić information content (AvgIpc) is 2.73. The van der Waals surface area contributed by atoms with E-state index in [0.29, 0.717) is 12.5 Å². The number of carbonyl (C=O) groups is 2. The molecule has 2 aromatic carbocycles. The molecule has 1 aliphatic heterocycles. The molecule has 1 saturated heterocycles. The number of likely N-dealkylation sites (tertiary alicyclic amines) is 1. The zero-order valence-electron chi connectivity index (χ0n) is 16.4. The van der Waals surface area contributed by atoms with Crippen LogP contribution in [0.2, 0.25) is 0 Å². The summed E-state index contributed by atoms with van der Waals surface area (Å²) < 4.78 is 5.28. The first kappa shape index (κ1) is 19.9. The molecule has 0 aromatic heterocycles. The standard InChI is InChI=1S/C23H28N2O3/c1-28-21-10-6-5-9-20(21)17-24-22(26)16-23(27)25-13-11-19(12-14-25)15-18-7-3-2-4-8-18/h2-10,19H,11-17H2,1H3,(H,24,26). The molecule has 2 amide bonds. The fourth-order valence-corrected chi connectivity index (χ4v) is 3.69. The second-order valence-electron chi connectivity index (χ2n) is 7.28. The van der Waals surface area contributed by atoms with E-state index in [0.717, 1.165) is 43.7 Å². The Kier molecular flexibility index (Phi) is 7.06. The Morgan fingerprint density at radius 1 is 1.04 bits per heavy atom. The Morgan fingerprint density at radius 3 is 2.43 bits per heavy atom. The summed E-state index contributed by atoms with van der Waals surface area (Å²) in [5, 5.41) is 2.82. The molecule has 28 heavy (non-hydrogen) atoms. The van der Waals surface area contributed by atoms with Crippen molar-refractivity contribution in [3.8, 4) is 5.75 Å². The quantitative estimate of drug-likeness (QED) is 0.751. The van der Waals surface area contributed by atoms with E-state index in [9.17, 15) is 9.59 Å². The molecule has 0 unspecified atom stereocenters. The minimum atomic E-state index is -0.248. The number of hydrogen-bond acceptors (Lipinski definition) is 3. The molecule has 0 spiro atoms. The summed E-state index contributed by atoms with van der Waals surface area (Å²) in [6.07, 6.45) is 2.94. The lowest BCUT2D eigenvalue weighted by Crippen LogP contribution is -2.41. The van der Waals surface area contributed by atoms with E-state index in [2.05, 4.69) is 29.6 Å². The lowest BCUT2D eigenvalue weighted by Gasteiger charge is -2.32. The Hall–Kier alpha value is -2.82. The monoisotopic (exact) mass is 380 g/mol. The van der Waals surface area contributed by atoms with Gasteiger partial charge in [0.05, 0.1) is 7.11 Å². The highest BCUT2D eigenvalue weighted by Gasteiger charge is 2.24. The van der Waals surface area contributed by atoms with Crippen molar-refractivity contribution in [1.29, 1.82) is 0 Å². The zero-order chi connectivity index (χ0) is 19.8. The van der Waals surface area contributed by atoms with Gasteiger partial charge < -0.3 is 15.0 Å². The van der Waals surface area contributed by atoms with Gasteiger partial charge in [0, 0.05) is 25.2 Å². The minimum absolute atomic E-state index is 0.0873. The van der Waals surface area contributed by atoms with Crippen LogP contribution in [-0.2, 0) is 22.6 Å². The summed E-state index contributed by atoms with van der Waals surface area (Å²) in [7, 11) is 1.60. The van der Waals surface area contributed by atoms with Crippen molar-refractivity contribution in [2.45, 2.75) is 32.2 Å². The Bertz CT molecular complexity index is 783. The Morgan fingerprint density at radius 2 is 1.71 bits per heavy atom. The summed E-state index contributed by atoms with van der Waals surface area (Å²) in [5.41, 5.74) is 2.25. The lowest BCUT2D eigenvalue weighted by molar-refractivity contribution is -0.137. The van der Waals surface area contributed by atoms with Crippen LogP contribution in [0, 0.1) is 5.92 Å². The van der Waals surface area contributed by atoms with Gasteiger partial charge in [-0.2, -0.15) is 0 Å². The molecule has 0 bridgehead atoms. The van der Waals surface area contributed by atoms with Crippen LogP contribution in [0.5, 0.6) is 5.75 Å². The molecule has 148 valence electrons. The maximum atomic E-state index is 12.4. The molecule has 5 nitrogen and oxygen atoms in total. The first-order valence-electron chi connectivity index (χ1n) is 9.86. The first-order valence-corrected chi connectivity index (χ1v) is 9.86. The third-order valence-corrected chi connectivity index (χ3v) is 5.31. The number of amides is 2. The first-order chi connectivity index (χ1) is 13.7. The fourth-order valence-electron chi connectivity index (χ4n) is 3.69. The maximum Gasteiger partial charge on any atom is 0.232 e. The number of ether oxygens (including phenoxy) is 1. The van der Waals surface area contributed by atoms with Crippen LogP contribution in [0.25, 0.3) is 0 Å². The van der Waals surface area contributed by atoms with Gasteiger partial charge in [0.2, 0.25) is 11.8 Å². The number of hydrogen-bond donors (Lipinski definition) is 1. The number of nitrogens with one attached hydrogen (secondary N) is 1. The third kappa shape index (κ3) is 5.59. The largest absolute Gasteiger partial charge is 0.496 e. The van der Waals surface area contributed by atoms with Crippen molar-refractivity contribution in [3.63, 3.8) is 0 Å². The van der Waals surface area contributed by atoms with E-state index in [-0.39, 0.29) is 18.2 Å². The van der Waals surface area contributed by atoms with Gasteiger partial charge >= 0.3 is 0 Å². The topological polar surface area (TPSA) is 58.6 Å². The van der Waals surface area contributed by atoms with Gasteiger partial charge in [-0.3, -0.25) is 9.59 Å². The van der Waals surface area contributed by atoms with Crippen LogP contribution in [0.15, 0.2) is 54.6 Å². The molecular weight excluding hydrogens is 352 g/mol. The summed E-state index contributed by atoms with van der Waals surface area (Å²) in [6, 6.07) is 18.0. The van der Waals surface area contributed by atoms with E-state index >= 15 is 0 Å². The highest BCUT2D eigenvalue weighted by atomic mass is 16.5. The van der Waals surface area contributed by atoms with Crippen LogP contribution in [0.1, 0.15) is 30.4 Å². The minimum Gasteiger partial charge on any atom is -0.496 e. The van der Waals surface area contributed by atoms with E-state index in [1.807, 2.05) is 35.2 Å². The van der Waals surface area contributed by atoms with Crippen LogP contribution in [-0.4, -0.2) is 36.9 Å². The fraction of sp³-hybridized carbons (Fsp3) is 0.391. The molecule has 5 heteroatoms. The molecule has 1 N–H and O–H groups in total. The molecule has 0 saturated carbocycles. The second kappa shape index (κ2) is 9.93. The van der Waals surface area contributed by atoms with E-state index in [1.54, 1.807) is 7.11 Å². The van der Waals surface area contributed by atoms with Crippen molar-refractivity contribution < 1.29 is 14.3 Å². The van der Waals surface area contributed by atoms with E-state index in [4.69, 9.17) is 4.74 Å². The van der Waals surface area contributed by atoms with Gasteiger partial charge in [-0.1, -0.05) is 48.5 Å². The molecule has 0 aliphatic carbocycles. The number of piperidine rings is 1. The highest BCUT2D eigenvalue weighted by Crippen LogP contribution is 2.22. The molecular formula is C23H28N2O3. The molecule has 0 radical (unpaired) electrons. The van der Waals surface area contributed by atoms with Crippen LogP contribution in [0.3, 0.4) is 0 Å². The molecule has 2 aromatic rings. The van der Waals surface area contributed by atoms with Gasteiger partial charge in [-0.15, -0.1) is 0 Å². The van der Waals surface area contributed by atoms with Gasteiger partial charge in [0.25, 0.3) is 0 Å². The van der Waals surface area contributed by atoms with E-state index < -0.39 is 0 Å². The van der Waals surface area contributed by atoms with Crippen molar-refractivity contribution in [2.24, 2.45) is 5.92 Å². The van der Waals surface area contributed by atoms with Gasteiger partial charge in [-0.05, 0) is 36.8 Å². The van der Waals surface area contributed by atoms with Crippen molar-refractivity contribution in [3.05, 3.63) is 65.7 Å². The Labute approximate surface area is 166 Å². The molecule has 1 heterocycles. The summed E-state index contributed by atoms with van der Waals surface area (Å²) in [6.45, 7) is 1.82. The van der Waals surface area contributed by atoms with Gasteiger partial charge in [0.1, 0.15) is 12.2 Å². The maximum absolute atomic E-state index is 12.4. The van der Waals surface area contributed by atoms with Crippen LogP contribution >= 0.6 is 0 Å². The number of para-hydroxylation sites is 1. The normalized spacial score (nSPS) is 14.5. The highest BCUT2D eigenvalue weighted by molar-refractivity contribution is 5.96. The predicted molar refractivity (Wildman–Crippen MR) is 109 cm³/mol. The van der Waals surface area contributed by atoms with Crippen molar-refractivity contribution in [2.75, 3.05) is 20.2 Å². The van der Waals surface area contributed by atoms with Gasteiger partial charge in [0.15, 0.2) is 0 Å². The summed E-state index contributed by atoms with van der Waals surface area (Å²) >= 11 is 0. The number of carbonyl (C=O) groups excluding carboxylic acids is 2. The van der Waals surface area contributed by atoms with Crippen LogP contribution in [0.4, 0.5) is 0 Å². The number of rotatable bonds is 7. The number of nitrogens with zero attached hydrogens (tertiary/aromatic N) is 1. The molecule has 1 fully saturated rings. The van der Waals surface area contributed by atoms with Crippen LogP contribution < -0.4 is 10.1 Å². The van der Waals surface area contributed by atoms with Gasteiger partial charge in [-0.25, -0.2) is 0 Å².